The van der Waals surface area contributed by atoms with Crippen molar-refractivity contribution in [1.29, 1.82) is 0 Å². The molecule has 0 amide bonds. The average molecular weight is 248 g/mol. The van der Waals surface area contributed by atoms with E-state index in [1.54, 1.807) is 0 Å². The molecule has 0 saturated heterocycles. The summed E-state index contributed by atoms with van der Waals surface area (Å²) in [5.41, 5.74) is 10.5. The number of hydrogen-bond donors (Lipinski definition) is 1. The topological polar surface area (TPSA) is 29.3 Å². The monoisotopic (exact) mass is 248 g/mol. The fourth-order valence-electron chi connectivity index (χ4n) is 2.31. The summed E-state index contributed by atoms with van der Waals surface area (Å²) in [6.45, 7) is 13.0. The van der Waals surface area contributed by atoms with Crippen LogP contribution in [0.1, 0.15) is 43.5 Å². The van der Waals surface area contributed by atoms with Gasteiger partial charge in [-0.1, -0.05) is 39.0 Å². The molecule has 0 fully saturated rings. The lowest BCUT2D eigenvalue weighted by Crippen LogP contribution is -2.35. The van der Waals surface area contributed by atoms with E-state index in [0.29, 0.717) is 5.41 Å². The molecule has 0 aliphatic rings. The maximum atomic E-state index is 6.29. The van der Waals surface area contributed by atoms with Gasteiger partial charge in [-0.3, -0.25) is 0 Å². The van der Waals surface area contributed by atoms with Crippen LogP contribution in [0.5, 0.6) is 0 Å². The van der Waals surface area contributed by atoms with Crippen molar-refractivity contribution >= 4 is 0 Å². The van der Waals surface area contributed by atoms with E-state index in [4.69, 9.17) is 5.73 Å². The first kappa shape index (κ1) is 15.2. The lowest BCUT2D eigenvalue weighted by molar-refractivity contribution is 0.217. The molecule has 0 aliphatic carbocycles. The molecule has 2 N–H and O–H groups in total. The minimum absolute atomic E-state index is 0.0941. The van der Waals surface area contributed by atoms with E-state index in [-0.39, 0.29) is 6.04 Å². The Kier molecular flexibility index (Phi) is 4.94. The second-order valence-corrected chi connectivity index (χ2v) is 6.71. The van der Waals surface area contributed by atoms with Crippen LogP contribution >= 0.6 is 0 Å². The zero-order valence-corrected chi connectivity index (χ0v) is 12.7. The maximum absolute atomic E-state index is 6.29. The van der Waals surface area contributed by atoms with Gasteiger partial charge in [0.15, 0.2) is 0 Å². The molecule has 18 heavy (non-hydrogen) atoms. The third-order valence-corrected chi connectivity index (χ3v) is 3.21. The highest BCUT2D eigenvalue weighted by Crippen LogP contribution is 2.19. The highest BCUT2D eigenvalue weighted by atomic mass is 15.1. The number of hydrogen-bond acceptors (Lipinski definition) is 2. The van der Waals surface area contributed by atoms with Gasteiger partial charge in [0.25, 0.3) is 0 Å². The molecule has 1 atom stereocenters. The molecule has 2 nitrogen and oxygen atoms in total. The molecule has 1 aromatic carbocycles. The van der Waals surface area contributed by atoms with Gasteiger partial charge in [0.2, 0.25) is 0 Å². The summed E-state index contributed by atoms with van der Waals surface area (Å²) in [6.07, 6.45) is 0. The van der Waals surface area contributed by atoms with Crippen LogP contribution in [0.2, 0.25) is 0 Å². The zero-order chi connectivity index (χ0) is 13.9. The fraction of sp³-hybridized carbons (Fsp3) is 0.625. The highest BCUT2D eigenvalue weighted by Gasteiger charge is 2.16. The number of rotatable bonds is 4. The third kappa shape index (κ3) is 4.79. The summed E-state index contributed by atoms with van der Waals surface area (Å²) in [6, 6.07) is 6.62. The SMILES string of the molecule is Cc1ccc(C(N)CN(C)CC(C)(C)C)cc1C. The van der Waals surface area contributed by atoms with Gasteiger partial charge >= 0.3 is 0 Å². The Morgan fingerprint density at radius 3 is 2.28 bits per heavy atom. The van der Waals surface area contributed by atoms with Crippen molar-refractivity contribution in [3.63, 3.8) is 0 Å². The molecule has 1 aromatic rings. The molecule has 1 unspecified atom stereocenters. The maximum Gasteiger partial charge on any atom is 0.0424 e. The van der Waals surface area contributed by atoms with Crippen molar-refractivity contribution in [2.45, 2.75) is 40.7 Å². The average Bonchev–Trinajstić information content (AvgIpc) is 2.18. The van der Waals surface area contributed by atoms with Gasteiger partial charge in [-0.15, -0.1) is 0 Å². The Balaban J connectivity index is 2.64. The van der Waals surface area contributed by atoms with Crippen molar-refractivity contribution in [2.75, 3.05) is 20.1 Å². The van der Waals surface area contributed by atoms with Crippen LogP contribution in [-0.2, 0) is 0 Å². The lowest BCUT2D eigenvalue weighted by atomic mass is 9.95. The molecule has 0 saturated carbocycles. The van der Waals surface area contributed by atoms with Gasteiger partial charge in [0.05, 0.1) is 0 Å². The highest BCUT2D eigenvalue weighted by molar-refractivity contribution is 5.31. The van der Waals surface area contributed by atoms with E-state index in [0.717, 1.165) is 13.1 Å². The first-order valence-corrected chi connectivity index (χ1v) is 6.70. The molecule has 102 valence electrons. The first-order chi connectivity index (χ1) is 8.19. The predicted molar refractivity (Wildman–Crippen MR) is 79.8 cm³/mol. The van der Waals surface area contributed by atoms with E-state index >= 15 is 0 Å². The summed E-state index contributed by atoms with van der Waals surface area (Å²) in [4.78, 5) is 2.32. The van der Waals surface area contributed by atoms with E-state index < -0.39 is 0 Å². The Labute approximate surface area is 112 Å². The summed E-state index contributed by atoms with van der Waals surface area (Å²) < 4.78 is 0. The van der Waals surface area contributed by atoms with E-state index in [1.807, 2.05) is 0 Å². The fourth-order valence-corrected chi connectivity index (χ4v) is 2.31. The second-order valence-electron chi connectivity index (χ2n) is 6.71. The zero-order valence-electron chi connectivity index (χ0n) is 12.7. The number of nitrogens with two attached hydrogens (primary N) is 1. The first-order valence-electron chi connectivity index (χ1n) is 6.70. The summed E-state index contributed by atoms with van der Waals surface area (Å²) in [5, 5.41) is 0. The molecular weight excluding hydrogens is 220 g/mol. The number of benzene rings is 1. The van der Waals surface area contributed by atoms with Gasteiger partial charge in [0, 0.05) is 19.1 Å². The summed E-state index contributed by atoms with van der Waals surface area (Å²) in [5.74, 6) is 0. The Morgan fingerprint density at radius 2 is 1.78 bits per heavy atom. The normalized spacial score (nSPS) is 14.0. The van der Waals surface area contributed by atoms with Gasteiger partial charge in [-0.25, -0.2) is 0 Å². The van der Waals surface area contributed by atoms with Crippen LogP contribution in [-0.4, -0.2) is 25.0 Å². The van der Waals surface area contributed by atoms with Gasteiger partial charge in [0.1, 0.15) is 0 Å². The predicted octanol–water partition coefficient (Wildman–Crippen LogP) is 3.28. The molecule has 0 radical (unpaired) electrons. The van der Waals surface area contributed by atoms with Crippen molar-refractivity contribution in [3.8, 4) is 0 Å². The molecule has 2 heteroatoms. The molecule has 0 heterocycles. The Morgan fingerprint density at radius 1 is 1.17 bits per heavy atom. The van der Waals surface area contributed by atoms with Crippen LogP contribution in [0.4, 0.5) is 0 Å². The molecule has 0 aromatic heterocycles. The lowest BCUT2D eigenvalue weighted by Gasteiger charge is -2.28. The van der Waals surface area contributed by atoms with Gasteiger partial charge < -0.3 is 10.6 Å². The van der Waals surface area contributed by atoms with E-state index in [1.165, 1.54) is 16.7 Å². The van der Waals surface area contributed by atoms with Crippen molar-refractivity contribution in [1.82, 2.24) is 4.90 Å². The third-order valence-electron chi connectivity index (χ3n) is 3.21. The molecular formula is C16H28N2. The Hall–Kier alpha value is -0.860. The minimum Gasteiger partial charge on any atom is -0.323 e. The standard InChI is InChI=1S/C16H28N2/c1-12-7-8-14(9-13(12)2)15(17)10-18(6)11-16(3,4)5/h7-9,15H,10-11,17H2,1-6H3. The van der Waals surface area contributed by atoms with Crippen LogP contribution in [0, 0.1) is 19.3 Å². The Bertz CT molecular complexity index is 391. The number of likely N-dealkylation sites (N-methyl/N-ethyl adjacent to an activating group) is 1. The quantitative estimate of drug-likeness (QED) is 0.886. The minimum atomic E-state index is 0.0941. The summed E-state index contributed by atoms with van der Waals surface area (Å²) >= 11 is 0. The molecule has 0 spiro atoms. The smallest absolute Gasteiger partial charge is 0.0424 e. The molecule has 1 rings (SSSR count). The largest absolute Gasteiger partial charge is 0.323 e. The van der Waals surface area contributed by atoms with Crippen molar-refractivity contribution < 1.29 is 0 Å². The van der Waals surface area contributed by atoms with Gasteiger partial charge in [-0.05, 0) is 43.0 Å². The van der Waals surface area contributed by atoms with Crippen LogP contribution < -0.4 is 5.73 Å². The van der Waals surface area contributed by atoms with Crippen LogP contribution in [0.25, 0.3) is 0 Å². The van der Waals surface area contributed by atoms with E-state index in [2.05, 4.69) is 64.8 Å². The summed E-state index contributed by atoms with van der Waals surface area (Å²) in [7, 11) is 2.14. The van der Waals surface area contributed by atoms with Crippen molar-refractivity contribution in [3.05, 3.63) is 34.9 Å². The number of aryl methyl sites for hydroxylation is 2. The van der Waals surface area contributed by atoms with Gasteiger partial charge in [-0.2, -0.15) is 0 Å². The van der Waals surface area contributed by atoms with E-state index in [9.17, 15) is 0 Å². The second kappa shape index (κ2) is 5.85. The molecule has 0 aliphatic heterocycles. The number of nitrogens with zero attached hydrogens (tertiary/aromatic N) is 1. The van der Waals surface area contributed by atoms with Crippen molar-refractivity contribution in [2.24, 2.45) is 11.1 Å². The van der Waals surface area contributed by atoms with Crippen LogP contribution in [0.15, 0.2) is 18.2 Å². The van der Waals surface area contributed by atoms with Crippen LogP contribution in [0.3, 0.4) is 0 Å². The molecule has 0 bridgehead atoms.